The molecule has 408 valence electrons. The SMILES string of the molecule is CC=C(C)C(=O)OC1C(OC(=O)C(C)CC)C2(CO)C(OC(C)=O)CC3(C)C(=CCC4C5(C)CCC(OC6OC(C(=O)O)C(O)C(OC7OCC(O)C(O)C7O)C6O)C(C)(CO)C5CCC43C)C2CC1(C)C. The van der Waals surface area contributed by atoms with E-state index >= 15 is 0 Å². The molecule has 7 rings (SSSR count). The van der Waals surface area contributed by atoms with Crippen LogP contribution in [0.3, 0.4) is 0 Å². The number of hydrogen-bond acceptors (Lipinski definition) is 18. The third-order valence-electron chi connectivity index (χ3n) is 19.8. The van der Waals surface area contributed by atoms with Crippen LogP contribution in [-0.2, 0) is 52.3 Å². The van der Waals surface area contributed by atoms with Crippen LogP contribution in [0.4, 0.5) is 0 Å². The molecular formula is C53H82O19. The minimum atomic E-state index is -1.97. The van der Waals surface area contributed by atoms with E-state index in [1.165, 1.54) is 6.92 Å². The molecule has 2 aliphatic heterocycles. The average Bonchev–Trinajstić information content (AvgIpc) is 3.32. The van der Waals surface area contributed by atoms with Gasteiger partial charge in [0.1, 0.15) is 48.8 Å². The number of ether oxygens (including phenoxy) is 7. The Morgan fingerprint density at radius 3 is 2.08 bits per heavy atom. The first-order chi connectivity index (χ1) is 33.6. The van der Waals surface area contributed by atoms with Crippen molar-refractivity contribution in [2.45, 2.75) is 207 Å². The number of carbonyl (C=O) groups excluding carboxylic acids is 3. The molecule has 6 fully saturated rings. The first-order valence-corrected chi connectivity index (χ1v) is 25.9. The highest BCUT2D eigenvalue weighted by atomic mass is 16.7. The number of carboxylic acid groups (broad SMARTS) is 1. The third kappa shape index (κ3) is 8.98. The maximum absolute atomic E-state index is 14.0. The highest BCUT2D eigenvalue weighted by Crippen LogP contribution is 2.76. The largest absolute Gasteiger partial charge is 0.479 e. The lowest BCUT2D eigenvalue weighted by Gasteiger charge is -2.72. The second-order valence-corrected chi connectivity index (χ2v) is 24.0. The second kappa shape index (κ2) is 20.5. The van der Waals surface area contributed by atoms with E-state index in [2.05, 4.69) is 26.8 Å². The van der Waals surface area contributed by atoms with Crippen molar-refractivity contribution in [3.05, 3.63) is 23.3 Å². The molecule has 19 nitrogen and oxygen atoms in total. The number of fused-ring (bicyclic) bond motifs is 7. The van der Waals surface area contributed by atoms with Crippen LogP contribution >= 0.6 is 0 Å². The van der Waals surface area contributed by atoms with Crippen molar-refractivity contribution in [3.8, 4) is 0 Å². The fraction of sp³-hybridized carbons (Fsp3) is 0.849. The van der Waals surface area contributed by atoms with E-state index in [0.29, 0.717) is 50.5 Å². The van der Waals surface area contributed by atoms with Crippen LogP contribution in [0.2, 0.25) is 0 Å². The van der Waals surface area contributed by atoms with Crippen molar-refractivity contribution in [2.75, 3.05) is 19.8 Å². The highest BCUT2D eigenvalue weighted by Gasteiger charge is 2.75. The summed E-state index contributed by atoms with van der Waals surface area (Å²) in [6.45, 7) is 19.6. The quantitative estimate of drug-likeness (QED) is 0.0432. The summed E-state index contributed by atoms with van der Waals surface area (Å²) in [7, 11) is 0. The molecule has 0 aromatic carbocycles. The lowest BCUT2D eigenvalue weighted by molar-refractivity contribution is -0.358. The van der Waals surface area contributed by atoms with Gasteiger partial charge in [-0.3, -0.25) is 9.59 Å². The van der Waals surface area contributed by atoms with Gasteiger partial charge in [-0.1, -0.05) is 73.1 Å². The Labute approximate surface area is 422 Å². The number of hydrogen-bond donors (Lipinski definition) is 8. The first kappa shape index (κ1) is 56.6. The average molecular weight is 1020 g/mol. The van der Waals surface area contributed by atoms with Gasteiger partial charge in [0.25, 0.3) is 0 Å². The zero-order valence-electron chi connectivity index (χ0n) is 43.8. The van der Waals surface area contributed by atoms with E-state index < -0.39 is 161 Å². The Morgan fingerprint density at radius 2 is 1.49 bits per heavy atom. The van der Waals surface area contributed by atoms with Crippen LogP contribution < -0.4 is 0 Å². The van der Waals surface area contributed by atoms with Crippen LogP contribution in [-0.4, -0.2) is 164 Å². The Bertz CT molecular complexity index is 2110. The van der Waals surface area contributed by atoms with Crippen molar-refractivity contribution in [3.63, 3.8) is 0 Å². The lowest BCUT2D eigenvalue weighted by atomic mass is 9.33. The Hall–Kier alpha value is -3.08. The summed E-state index contributed by atoms with van der Waals surface area (Å²) in [6.07, 6.45) is -12.0. The Kier molecular flexibility index (Phi) is 16.1. The van der Waals surface area contributed by atoms with Gasteiger partial charge in [0.15, 0.2) is 24.8 Å². The molecule has 4 saturated carbocycles. The monoisotopic (exact) mass is 1020 g/mol. The minimum Gasteiger partial charge on any atom is -0.479 e. The summed E-state index contributed by atoms with van der Waals surface area (Å²) in [5.74, 6) is -4.47. The molecule has 22 atom stereocenters. The smallest absolute Gasteiger partial charge is 0.335 e. The summed E-state index contributed by atoms with van der Waals surface area (Å²) in [5.41, 5.74) is -3.36. The van der Waals surface area contributed by atoms with E-state index in [-0.39, 0.29) is 24.9 Å². The first-order valence-electron chi connectivity index (χ1n) is 25.9. The lowest BCUT2D eigenvalue weighted by Crippen LogP contribution is -2.73. The molecule has 0 amide bonds. The van der Waals surface area contributed by atoms with Crippen molar-refractivity contribution >= 4 is 23.9 Å². The number of aliphatic hydroxyl groups excluding tert-OH is 7. The van der Waals surface area contributed by atoms with Gasteiger partial charge >= 0.3 is 23.9 Å². The van der Waals surface area contributed by atoms with Gasteiger partial charge in [-0.25, -0.2) is 9.59 Å². The summed E-state index contributed by atoms with van der Waals surface area (Å²) < 4.78 is 42.7. The topological polar surface area (TPSA) is 295 Å². The number of esters is 3. The standard InChI is InChI=1S/C53H82O19/c1-12-25(3)44(64)71-41-42(72-45(65)26(4)13-2)53(24-55)29(20-48(41,6)7)28-14-15-32-49(8)18-17-33(50(9,23-54)31(49)16-19-51(32,10)52(28,11)21-34(53)67-27(5)56)68-47-38(61)39(37(60)40(70-47)43(62)63)69-46-36(59)35(58)30(57)22-66-46/h12,14,26,29-42,46-47,54-55,57-61H,13,15-24H2,1-11H3,(H,62,63). The van der Waals surface area contributed by atoms with Crippen molar-refractivity contribution in [2.24, 2.45) is 56.2 Å². The van der Waals surface area contributed by atoms with E-state index in [0.717, 1.165) is 5.57 Å². The molecule has 0 aromatic heterocycles. The molecule has 0 spiro atoms. The van der Waals surface area contributed by atoms with E-state index in [4.69, 9.17) is 33.2 Å². The number of rotatable bonds is 13. The molecule has 22 unspecified atom stereocenters. The van der Waals surface area contributed by atoms with Gasteiger partial charge in [-0.05, 0) is 99.2 Å². The van der Waals surface area contributed by atoms with Gasteiger partial charge in [-0.2, -0.15) is 0 Å². The fourth-order valence-electron chi connectivity index (χ4n) is 15.0. The summed E-state index contributed by atoms with van der Waals surface area (Å²) in [4.78, 5) is 53.5. The minimum absolute atomic E-state index is 0.0197. The van der Waals surface area contributed by atoms with Gasteiger partial charge in [-0.15, -0.1) is 0 Å². The van der Waals surface area contributed by atoms with Gasteiger partial charge in [0, 0.05) is 23.3 Å². The van der Waals surface area contributed by atoms with Gasteiger partial charge in [0.05, 0.1) is 37.3 Å². The fourth-order valence-corrected chi connectivity index (χ4v) is 15.0. The van der Waals surface area contributed by atoms with E-state index in [1.807, 2.05) is 27.7 Å². The van der Waals surface area contributed by atoms with Crippen LogP contribution in [0.1, 0.15) is 128 Å². The van der Waals surface area contributed by atoms with Crippen LogP contribution in [0.5, 0.6) is 0 Å². The predicted molar refractivity (Wildman–Crippen MR) is 254 cm³/mol. The maximum atomic E-state index is 14.0. The van der Waals surface area contributed by atoms with E-state index in [9.17, 15) is 60.0 Å². The summed E-state index contributed by atoms with van der Waals surface area (Å²) in [5, 5.41) is 87.3. The summed E-state index contributed by atoms with van der Waals surface area (Å²) >= 11 is 0. The zero-order chi connectivity index (χ0) is 53.4. The molecule has 72 heavy (non-hydrogen) atoms. The molecule has 0 aromatic rings. The molecule has 19 heteroatoms. The number of carbonyl (C=O) groups is 4. The van der Waals surface area contributed by atoms with Gasteiger partial charge < -0.3 is 74.0 Å². The third-order valence-corrected chi connectivity index (χ3v) is 19.8. The number of allylic oxidation sites excluding steroid dienone is 3. The molecule has 2 heterocycles. The Balaban J connectivity index is 1.24. The van der Waals surface area contributed by atoms with E-state index in [1.54, 1.807) is 26.8 Å². The van der Waals surface area contributed by atoms with Crippen LogP contribution in [0.15, 0.2) is 23.3 Å². The Morgan fingerprint density at radius 1 is 0.806 bits per heavy atom. The molecule has 0 radical (unpaired) electrons. The van der Waals surface area contributed by atoms with Crippen molar-refractivity contribution < 1.29 is 93.2 Å². The molecule has 2 saturated heterocycles. The molecule has 7 aliphatic rings. The molecule has 5 aliphatic carbocycles. The maximum Gasteiger partial charge on any atom is 0.335 e. The van der Waals surface area contributed by atoms with Crippen LogP contribution in [0.25, 0.3) is 0 Å². The predicted octanol–water partition coefficient (Wildman–Crippen LogP) is 3.09. The normalized spacial score (nSPS) is 47.2. The highest BCUT2D eigenvalue weighted by molar-refractivity contribution is 5.88. The number of aliphatic carboxylic acids is 1. The molecule has 8 N–H and O–H groups in total. The molecule has 0 bridgehead atoms. The number of carboxylic acids is 1. The van der Waals surface area contributed by atoms with Gasteiger partial charge in [0.2, 0.25) is 0 Å². The number of aliphatic hydroxyl groups is 7. The van der Waals surface area contributed by atoms with Crippen molar-refractivity contribution in [1.82, 2.24) is 0 Å². The zero-order valence-corrected chi connectivity index (χ0v) is 43.8. The summed E-state index contributed by atoms with van der Waals surface area (Å²) in [6, 6.07) is 0. The van der Waals surface area contributed by atoms with Crippen LogP contribution in [0, 0.1) is 56.2 Å². The second-order valence-electron chi connectivity index (χ2n) is 24.0. The molecular weight excluding hydrogens is 941 g/mol. The van der Waals surface area contributed by atoms with Crippen molar-refractivity contribution in [1.29, 1.82) is 0 Å².